The summed E-state index contributed by atoms with van der Waals surface area (Å²) < 4.78 is 0. The second-order valence-corrected chi connectivity index (χ2v) is 3.53. The molecule has 1 aromatic rings. The zero-order valence-electron chi connectivity index (χ0n) is 9.64. The molecule has 0 spiro atoms. The molecule has 0 atom stereocenters. The van der Waals surface area contributed by atoms with E-state index in [4.69, 9.17) is 14.8 Å². The van der Waals surface area contributed by atoms with Gasteiger partial charge in [0.25, 0.3) is 5.69 Å². The number of carbonyl (C=O) groups is 1. The first-order valence-electron chi connectivity index (χ1n) is 5.28. The topological polar surface area (TPSA) is 111 Å². The van der Waals surface area contributed by atoms with Gasteiger partial charge in [-0.15, -0.1) is 0 Å². The van der Waals surface area contributed by atoms with E-state index < -0.39 is 17.5 Å². The lowest BCUT2D eigenvalue weighted by Gasteiger charge is -2.10. The minimum Gasteiger partial charge on any atom is -0.391 e. The van der Waals surface area contributed by atoms with Gasteiger partial charge < -0.3 is 9.94 Å². The zero-order valence-corrected chi connectivity index (χ0v) is 9.64. The molecule has 0 aliphatic carbocycles. The van der Waals surface area contributed by atoms with Gasteiger partial charge in [0, 0.05) is 6.07 Å². The van der Waals surface area contributed by atoms with Crippen LogP contribution in [0.5, 0.6) is 0 Å². The van der Waals surface area contributed by atoms with Crippen molar-refractivity contribution in [1.29, 1.82) is 0 Å². The third kappa shape index (κ3) is 3.03. The Bertz CT molecular complexity index is 499. The van der Waals surface area contributed by atoms with Crippen LogP contribution in [0.15, 0.2) is 18.2 Å². The predicted octanol–water partition coefficient (Wildman–Crippen LogP) is 0.338. The van der Waals surface area contributed by atoms with Gasteiger partial charge in [-0.2, -0.15) is 0 Å². The van der Waals surface area contributed by atoms with Crippen molar-refractivity contribution >= 4 is 11.7 Å². The Balaban J connectivity index is 2.17. The second-order valence-electron chi connectivity index (χ2n) is 3.53. The van der Waals surface area contributed by atoms with Crippen molar-refractivity contribution in [1.82, 2.24) is 5.39 Å². The number of benzene rings is 1. The molecule has 9 nitrogen and oxygen atoms in total. The summed E-state index contributed by atoms with van der Waals surface area (Å²) in [6.07, 6.45) is 0. The van der Waals surface area contributed by atoms with Gasteiger partial charge in [0.1, 0.15) is 18.6 Å². The first-order chi connectivity index (χ1) is 9.11. The number of carbonyl (C=O) groups excluding carboxylic acids is 1. The molecule has 0 amide bonds. The normalized spacial score (nSPS) is 15.4. The summed E-state index contributed by atoms with van der Waals surface area (Å²) in [5.74, 6) is -0.866. The van der Waals surface area contributed by atoms with Gasteiger partial charge in [-0.05, 0) is 12.1 Å². The van der Waals surface area contributed by atoms with Crippen LogP contribution in [0.2, 0.25) is 0 Å². The maximum atomic E-state index is 11.7. The molecule has 0 radical (unpaired) electrons. The van der Waals surface area contributed by atoms with Crippen LogP contribution in [0.4, 0.5) is 5.69 Å². The third-order valence-corrected chi connectivity index (χ3v) is 2.32. The van der Waals surface area contributed by atoms with Crippen LogP contribution in [-0.4, -0.2) is 34.6 Å². The number of nitro groups is 1. The van der Waals surface area contributed by atoms with Crippen molar-refractivity contribution in [3.63, 3.8) is 0 Å². The van der Waals surface area contributed by atoms with E-state index in [1.54, 1.807) is 0 Å². The fourth-order valence-electron chi connectivity index (χ4n) is 1.43. The van der Waals surface area contributed by atoms with Crippen molar-refractivity contribution in [2.45, 2.75) is 6.61 Å². The van der Waals surface area contributed by atoms with Crippen molar-refractivity contribution in [2.24, 2.45) is 0 Å². The minimum atomic E-state index is -0.866. The molecule has 0 saturated carbocycles. The molecule has 2 rings (SSSR count). The van der Waals surface area contributed by atoms with Crippen molar-refractivity contribution in [3.05, 3.63) is 39.4 Å². The van der Waals surface area contributed by atoms with Gasteiger partial charge in [0.05, 0.1) is 22.7 Å². The van der Waals surface area contributed by atoms with Gasteiger partial charge in [0.2, 0.25) is 0 Å². The van der Waals surface area contributed by atoms with Crippen LogP contribution < -0.4 is 0 Å². The van der Waals surface area contributed by atoms with Gasteiger partial charge in [-0.3, -0.25) is 10.1 Å². The van der Waals surface area contributed by atoms with E-state index in [0.29, 0.717) is 5.39 Å². The summed E-state index contributed by atoms with van der Waals surface area (Å²) in [5, 5.41) is 20.3. The van der Waals surface area contributed by atoms with Crippen LogP contribution in [0, 0.1) is 10.1 Å². The molecule has 0 bridgehead atoms. The van der Waals surface area contributed by atoms with Crippen LogP contribution in [0.3, 0.4) is 0 Å². The third-order valence-electron chi connectivity index (χ3n) is 2.32. The van der Waals surface area contributed by atoms with Gasteiger partial charge in [-0.25, -0.2) is 14.5 Å². The summed E-state index contributed by atoms with van der Waals surface area (Å²) in [5.41, 5.74) is -0.307. The van der Waals surface area contributed by atoms with Gasteiger partial charge in [0.15, 0.2) is 0 Å². The molecule has 102 valence electrons. The maximum absolute atomic E-state index is 11.7. The average molecular weight is 270 g/mol. The molecule has 1 N–H and O–H groups in total. The van der Waals surface area contributed by atoms with Crippen LogP contribution in [0.1, 0.15) is 15.9 Å². The highest BCUT2D eigenvalue weighted by Gasteiger charge is 2.23. The summed E-state index contributed by atoms with van der Waals surface area (Å²) in [7, 11) is 0. The van der Waals surface area contributed by atoms with Crippen molar-refractivity contribution in [2.75, 3.05) is 13.2 Å². The lowest BCUT2D eigenvalue weighted by atomic mass is 10.1. The molecule has 1 aliphatic heterocycles. The number of hydrogen-bond donors (Lipinski definition) is 1. The molecule has 0 aromatic heterocycles. The molecule has 1 heterocycles. The quantitative estimate of drug-likeness (QED) is 0.615. The second kappa shape index (κ2) is 5.71. The average Bonchev–Trinajstić information content (AvgIpc) is 2.90. The highest BCUT2D eigenvalue weighted by molar-refractivity contribution is 5.90. The molecule has 19 heavy (non-hydrogen) atoms. The molecular weight excluding hydrogens is 260 g/mol. The molecule has 9 heteroatoms. The van der Waals surface area contributed by atoms with E-state index in [2.05, 4.69) is 4.84 Å². The zero-order chi connectivity index (χ0) is 13.8. The first-order valence-corrected chi connectivity index (χ1v) is 5.28. The van der Waals surface area contributed by atoms with Crippen molar-refractivity contribution < 1.29 is 29.3 Å². The molecule has 1 fully saturated rings. The number of aliphatic hydroxyl groups is 1. The maximum Gasteiger partial charge on any atom is 0.362 e. The molecule has 1 saturated heterocycles. The lowest BCUT2D eigenvalue weighted by molar-refractivity contribution is -0.455. The van der Waals surface area contributed by atoms with Crippen molar-refractivity contribution in [3.8, 4) is 0 Å². The Hall–Kier alpha value is -2.07. The van der Waals surface area contributed by atoms with Crippen LogP contribution >= 0.6 is 0 Å². The summed E-state index contributed by atoms with van der Waals surface area (Å²) in [4.78, 5) is 36.0. The number of rotatable bonds is 4. The molecular formula is C10H10N2O7. The standard InChI is InChI=1S/C10H10N2O7/c13-6-8-2-1-7(5-9(8)11(15)16)10(14)19-12-17-3-4-18-12/h1-2,5,13H,3-4,6H2. The fourth-order valence-corrected chi connectivity index (χ4v) is 1.43. The smallest absolute Gasteiger partial charge is 0.362 e. The fraction of sp³-hybridized carbons (Fsp3) is 0.300. The van der Waals surface area contributed by atoms with E-state index >= 15 is 0 Å². The Morgan fingerprint density at radius 2 is 2.16 bits per heavy atom. The Labute approximate surface area is 106 Å². The Morgan fingerprint density at radius 1 is 1.47 bits per heavy atom. The monoisotopic (exact) mass is 270 g/mol. The van der Waals surface area contributed by atoms with Crippen LogP contribution in [0.25, 0.3) is 0 Å². The van der Waals surface area contributed by atoms with E-state index in [1.165, 1.54) is 12.1 Å². The first kappa shape index (κ1) is 13.4. The van der Waals surface area contributed by atoms with E-state index in [1.807, 2.05) is 0 Å². The molecule has 1 aromatic carbocycles. The van der Waals surface area contributed by atoms with Gasteiger partial charge in [-0.1, -0.05) is 0 Å². The SMILES string of the molecule is O=C(ON1OCCO1)c1ccc(CO)c([N+](=O)[O-])c1. The highest BCUT2D eigenvalue weighted by Crippen LogP contribution is 2.21. The summed E-state index contributed by atoms with van der Waals surface area (Å²) in [6, 6.07) is 3.60. The number of nitrogens with zero attached hydrogens (tertiary/aromatic N) is 2. The minimum absolute atomic E-state index is 0.0528. The highest BCUT2D eigenvalue weighted by atomic mass is 17.2. The summed E-state index contributed by atoms with van der Waals surface area (Å²) >= 11 is 0. The van der Waals surface area contributed by atoms with Gasteiger partial charge >= 0.3 is 5.97 Å². The lowest BCUT2D eigenvalue weighted by Crippen LogP contribution is -2.22. The number of hydrogen-bond acceptors (Lipinski definition) is 8. The molecule has 1 aliphatic rings. The van der Waals surface area contributed by atoms with Crippen LogP contribution in [-0.2, 0) is 21.1 Å². The number of aliphatic hydroxyl groups excluding tert-OH is 1. The number of nitro benzene ring substituents is 1. The molecule has 0 unspecified atom stereocenters. The van der Waals surface area contributed by atoms with E-state index in [9.17, 15) is 14.9 Å². The predicted molar refractivity (Wildman–Crippen MR) is 58.2 cm³/mol. The summed E-state index contributed by atoms with van der Waals surface area (Å²) in [6.45, 7) is -0.00224. The Morgan fingerprint density at radius 3 is 2.74 bits per heavy atom. The van der Waals surface area contributed by atoms with E-state index in [-0.39, 0.29) is 30.0 Å². The largest absolute Gasteiger partial charge is 0.391 e. The Kier molecular flexibility index (Phi) is 4.02. The van der Waals surface area contributed by atoms with E-state index in [0.717, 1.165) is 6.07 Å².